The summed E-state index contributed by atoms with van der Waals surface area (Å²) in [6.07, 6.45) is 6.30. The molecule has 0 bridgehead atoms. The largest absolute Gasteiger partial charge is 0.344 e. The van der Waals surface area contributed by atoms with Crippen LogP contribution in [0.3, 0.4) is 0 Å². The zero-order valence-electron chi connectivity index (χ0n) is 13.7. The normalized spacial score (nSPS) is 22.8. The highest BCUT2D eigenvalue weighted by atomic mass is 32.1. The molecular weight excluding hydrogens is 294 g/mol. The summed E-state index contributed by atoms with van der Waals surface area (Å²) in [5, 5.41) is 9.90. The Kier molecular flexibility index (Phi) is 4.83. The molecule has 2 heterocycles. The molecule has 2 aliphatic rings. The van der Waals surface area contributed by atoms with Gasteiger partial charge in [-0.25, -0.2) is 4.98 Å². The van der Waals surface area contributed by atoms with Crippen LogP contribution in [0.5, 0.6) is 0 Å². The number of carbonyl (C=O) groups is 1. The molecule has 1 aliphatic carbocycles. The molecule has 1 atom stereocenters. The summed E-state index contributed by atoms with van der Waals surface area (Å²) in [4.78, 5) is 17.2. The van der Waals surface area contributed by atoms with Crippen molar-refractivity contribution in [3.63, 3.8) is 0 Å². The van der Waals surface area contributed by atoms with E-state index in [0.717, 1.165) is 36.6 Å². The third-order valence-electron chi connectivity index (χ3n) is 5.31. The van der Waals surface area contributed by atoms with Gasteiger partial charge in [-0.1, -0.05) is 6.92 Å². The Labute approximate surface area is 137 Å². The molecule has 0 spiro atoms. The molecule has 2 fully saturated rings. The van der Waals surface area contributed by atoms with Crippen LogP contribution in [0.25, 0.3) is 0 Å². The van der Waals surface area contributed by atoms with Crippen molar-refractivity contribution in [1.82, 2.24) is 15.6 Å². The van der Waals surface area contributed by atoms with Crippen molar-refractivity contribution >= 4 is 17.2 Å². The van der Waals surface area contributed by atoms with E-state index in [1.807, 2.05) is 6.92 Å². The van der Waals surface area contributed by atoms with Crippen LogP contribution < -0.4 is 10.6 Å². The van der Waals surface area contributed by atoms with Crippen LogP contribution in [0.15, 0.2) is 5.38 Å². The monoisotopic (exact) mass is 321 g/mol. The maximum atomic E-state index is 12.5. The number of piperidine rings is 1. The lowest BCUT2D eigenvalue weighted by molar-refractivity contribution is -0.125. The van der Waals surface area contributed by atoms with Gasteiger partial charge in [0, 0.05) is 17.5 Å². The van der Waals surface area contributed by atoms with Crippen molar-refractivity contribution in [2.75, 3.05) is 13.1 Å². The number of rotatable bonds is 5. The van der Waals surface area contributed by atoms with Gasteiger partial charge in [0.2, 0.25) is 5.91 Å². The van der Waals surface area contributed by atoms with Gasteiger partial charge in [0.25, 0.3) is 0 Å². The predicted octanol–water partition coefficient (Wildman–Crippen LogP) is 2.97. The van der Waals surface area contributed by atoms with Crippen LogP contribution in [0.1, 0.15) is 56.2 Å². The van der Waals surface area contributed by atoms with Crippen LogP contribution in [0, 0.1) is 18.8 Å². The van der Waals surface area contributed by atoms with E-state index in [9.17, 15) is 4.79 Å². The lowest BCUT2D eigenvalue weighted by atomic mass is 9.76. The molecule has 1 aromatic rings. The second kappa shape index (κ2) is 6.67. The minimum Gasteiger partial charge on any atom is -0.344 e. The van der Waals surface area contributed by atoms with E-state index >= 15 is 0 Å². The number of aromatic nitrogens is 1. The number of nitrogens with zero attached hydrogens (tertiary/aromatic N) is 1. The molecule has 1 aromatic heterocycles. The summed E-state index contributed by atoms with van der Waals surface area (Å²) in [7, 11) is 0. The lowest BCUT2D eigenvalue weighted by Gasteiger charge is -2.41. The Hall–Kier alpha value is -0.940. The Balaban J connectivity index is 1.58. The zero-order valence-corrected chi connectivity index (χ0v) is 14.5. The van der Waals surface area contributed by atoms with Gasteiger partial charge in [-0.15, -0.1) is 11.3 Å². The van der Waals surface area contributed by atoms with Gasteiger partial charge in [0.05, 0.1) is 5.54 Å². The fraction of sp³-hybridized carbons (Fsp3) is 0.765. The fourth-order valence-electron chi connectivity index (χ4n) is 3.69. The number of hydrogen-bond donors (Lipinski definition) is 2. The van der Waals surface area contributed by atoms with E-state index in [0.29, 0.717) is 18.3 Å². The fourth-order valence-corrected chi connectivity index (χ4v) is 4.70. The summed E-state index contributed by atoms with van der Waals surface area (Å²) < 4.78 is 0. The summed E-state index contributed by atoms with van der Waals surface area (Å²) in [5.41, 5.74) is 0.896. The van der Waals surface area contributed by atoms with E-state index in [2.05, 4.69) is 27.9 Å². The Bertz CT molecular complexity index is 518. The second-order valence-electron chi connectivity index (χ2n) is 7.05. The molecule has 4 nitrogen and oxygen atoms in total. The van der Waals surface area contributed by atoms with Gasteiger partial charge in [0.15, 0.2) is 0 Å². The Morgan fingerprint density at radius 1 is 1.50 bits per heavy atom. The van der Waals surface area contributed by atoms with E-state index in [-0.39, 0.29) is 11.4 Å². The maximum absolute atomic E-state index is 12.5. The van der Waals surface area contributed by atoms with Crippen molar-refractivity contribution in [3.8, 4) is 0 Å². The van der Waals surface area contributed by atoms with Crippen LogP contribution >= 0.6 is 11.3 Å². The predicted molar refractivity (Wildman–Crippen MR) is 89.9 cm³/mol. The molecule has 0 aromatic carbocycles. The smallest absolute Gasteiger partial charge is 0.221 e. The SMILES string of the molecule is Cc1csc(C2(NC(=O)CC(C)C3CCNCC3)CCC2)n1. The van der Waals surface area contributed by atoms with Gasteiger partial charge in [-0.05, 0) is 64.0 Å². The standard InChI is InChI=1S/C17H27N3OS/c1-12(14-4-8-18-9-5-14)10-15(21)20-17(6-3-7-17)16-19-13(2)11-22-16/h11-12,14,18H,3-10H2,1-2H3,(H,20,21). The summed E-state index contributed by atoms with van der Waals surface area (Å²) >= 11 is 1.69. The first-order valence-electron chi connectivity index (χ1n) is 8.53. The molecule has 3 rings (SSSR count). The highest BCUT2D eigenvalue weighted by Gasteiger charge is 2.42. The van der Waals surface area contributed by atoms with Gasteiger partial charge in [0.1, 0.15) is 5.01 Å². The minimum atomic E-state index is -0.163. The van der Waals surface area contributed by atoms with Gasteiger partial charge < -0.3 is 10.6 Å². The first kappa shape index (κ1) is 15.9. The van der Waals surface area contributed by atoms with Crippen molar-refractivity contribution in [1.29, 1.82) is 0 Å². The maximum Gasteiger partial charge on any atom is 0.221 e. The molecule has 0 radical (unpaired) electrons. The average Bonchev–Trinajstić information content (AvgIpc) is 2.90. The zero-order chi connectivity index (χ0) is 15.6. The van der Waals surface area contributed by atoms with Crippen LogP contribution in [0.2, 0.25) is 0 Å². The molecule has 22 heavy (non-hydrogen) atoms. The van der Waals surface area contributed by atoms with E-state index in [4.69, 9.17) is 0 Å². The number of hydrogen-bond acceptors (Lipinski definition) is 4. The third-order valence-corrected chi connectivity index (χ3v) is 6.47. The molecule has 122 valence electrons. The molecule has 5 heteroatoms. The van der Waals surface area contributed by atoms with Gasteiger partial charge in [-0.2, -0.15) is 0 Å². The van der Waals surface area contributed by atoms with Gasteiger partial charge >= 0.3 is 0 Å². The molecular formula is C17H27N3OS. The van der Waals surface area contributed by atoms with Crippen LogP contribution in [0.4, 0.5) is 0 Å². The number of thiazole rings is 1. The van der Waals surface area contributed by atoms with Crippen molar-refractivity contribution < 1.29 is 4.79 Å². The summed E-state index contributed by atoms with van der Waals surface area (Å²) in [5.74, 6) is 1.36. The van der Waals surface area contributed by atoms with Crippen molar-refractivity contribution in [2.45, 2.75) is 57.9 Å². The average molecular weight is 321 g/mol. The minimum absolute atomic E-state index is 0.163. The molecule has 1 saturated carbocycles. The molecule has 1 saturated heterocycles. The highest BCUT2D eigenvalue weighted by molar-refractivity contribution is 7.09. The Morgan fingerprint density at radius 3 is 2.77 bits per heavy atom. The third kappa shape index (κ3) is 3.35. The quantitative estimate of drug-likeness (QED) is 0.876. The van der Waals surface area contributed by atoms with E-state index in [1.165, 1.54) is 19.3 Å². The first-order chi connectivity index (χ1) is 10.6. The summed E-state index contributed by atoms with van der Waals surface area (Å²) in [6, 6.07) is 0. The molecule has 1 amide bonds. The first-order valence-corrected chi connectivity index (χ1v) is 9.41. The number of aryl methyl sites for hydroxylation is 1. The number of amides is 1. The van der Waals surface area contributed by atoms with Crippen LogP contribution in [-0.2, 0) is 10.3 Å². The molecule has 1 unspecified atom stereocenters. The van der Waals surface area contributed by atoms with Crippen molar-refractivity contribution in [2.24, 2.45) is 11.8 Å². The number of carbonyl (C=O) groups excluding carboxylic acids is 1. The molecule has 2 N–H and O–H groups in total. The summed E-state index contributed by atoms with van der Waals surface area (Å²) in [6.45, 7) is 6.45. The molecule has 1 aliphatic heterocycles. The second-order valence-corrected chi connectivity index (χ2v) is 7.90. The Morgan fingerprint density at radius 2 is 2.23 bits per heavy atom. The lowest BCUT2D eigenvalue weighted by Crippen LogP contribution is -2.51. The van der Waals surface area contributed by atoms with E-state index < -0.39 is 0 Å². The number of nitrogens with one attached hydrogen (secondary N) is 2. The van der Waals surface area contributed by atoms with Gasteiger partial charge in [-0.3, -0.25) is 4.79 Å². The van der Waals surface area contributed by atoms with E-state index in [1.54, 1.807) is 11.3 Å². The van der Waals surface area contributed by atoms with Crippen LogP contribution in [-0.4, -0.2) is 24.0 Å². The highest BCUT2D eigenvalue weighted by Crippen LogP contribution is 2.42. The topological polar surface area (TPSA) is 54.0 Å². The van der Waals surface area contributed by atoms with Crippen molar-refractivity contribution in [3.05, 3.63) is 16.1 Å².